The van der Waals surface area contributed by atoms with E-state index in [0.29, 0.717) is 18.7 Å². The number of anilines is 1. The monoisotopic (exact) mass is 218 g/mol. The second-order valence-corrected chi connectivity index (χ2v) is 3.72. The molecule has 0 spiro atoms. The van der Waals surface area contributed by atoms with Crippen LogP contribution in [0.5, 0.6) is 0 Å². The zero-order valence-electron chi connectivity index (χ0n) is 9.12. The van der Waals surface area contributed by atoms with Gasteiger partial charge in [-0.1, -0.05) is 6.07 Å². The number of nitrogens with two attached hydrogens (primary N) is 1. The largest absolute Gasteiger partial charge is 0.469 e. The summed E-state index contributed by atoms with van der Waals surface area (Å²) in [4.78, 5) is 14.1. The Bertz CT molecular complexity index is 517. The standard InChI is InChI=1S/C12H14N2O2/c1-16-12(15)5-3-8-2-4-10-9(6-8)7-11(13)14-10/h2,4,6-7,14H,3,5,13H2,1H3. The molecule has 0 bridgehead atoms. The highest BCUT2D eigenvalue weighted by molar-refractivity contribution is 5.84. The van der Waals surface area contributed by atoms with Crippen molar-refractivity contribution >= 4 is 22.7 Å². The van der Waals surface area contributed by atoms with E-state index in [1.165, 1.54) is 7.11 Å². The van der Waals surface area contributed by atoms with Crippen LogP contribution in [0.4, 0.5) is 5.82 Å². The van der Waals surface area contributed by atoms with Crippen LogP contribution in [0.1, 0.15) is 12.0 Å². The number of rotatable bonds is 3. The number of aromatic nitrogens is 1. The maximum absolute atomic E-state index is 11.0. The highest BCUT2D eigenvalue weighted by Crippen LogP contribution is 2.19. The van der Waals surface area contributed by atoms with Gasteiger partial charge in [0.1, 0.15) is 5.82 Å². The molecule has 84 valence electrons. The number of carbonyl (C=O) groups is 1. The predicted octanol–water partition coefficient (Wildman–Crippen LogP) is 1.86. The molecule has 0 atom stereocenters. The summed E-state index contributed by atoms with van der Waals surface area (Å²) in [5.41, 5.74) is 7.78. The molecule has 0 aliphatic heterocycles. The van der Waals surface area contributed by atoms with Gasteiger partial charge in [-0.2, -0.15) is 0 Å². The molecule has 1 aromatic heterocycles. The molecule has 0 amide bonds. The van der Waals surface area contributed by atoms with Crippen molar-refractivity contribution < 1.29 is 9.53 Å². The highest BCUT2D eigenvalue weighted by atomic mass is 16.5. The minimum absolute atomic E-state index is 0.186. The van der Waals surface area contributed by atoms with E-state index < -0.39 is 0 Å². The Hall–Kier alpha value is -1.97. The van der Waals surface area contributed by atoms with Gasteiger partial charge in [0, 0.05) is 17.3 Å². The van der Waals surface area contributed by atoms with Crippen molar-refractivity contribution in [3.8, 4) is 0 Å². The third-order valence-corrected chi connectivity index (χ3v) is 2.55. The second kappa shape index (κ2) is 4.26. The van der Waals surface area contributed by atoms with Crippen molar-refractivity contribution in [3.05, 3.63) is 29.8 Å². The molecule has 0 saturated heterocycles. The van der Waals surface area contributed by atoms with Crippen LogP contribution >= 0.6 is 0 Å². The topological polar surface area (TPSA) is 68.1 Å². The minimum Gasteiger partial charge on any atom is -0.469 e. The molecule has 0 aliphatic rings. The number of H-pyrrole nitrogens is 1. The van der Waals surface area contributed by atoms with Gasteiger partial charge in [-0.05, 0) is 30.2 Å². The molecule has 0 fully saturated rings. The molecule has 4 nitrogen and oxygen atoms in total. The Labute approximate surface area is 93.4 Å². The van der Waals surface area contributed by atoms with Crippen LogP contribution in [-0.2, 0) is 16.0 Å². The number of fused-ring (bicyclic) bond motifs is 1. The van der Waals surface area contributed by atoms with Crippen LogP contribution in [0, 0.1) is 0 Å². The van der Waals surface area contributed by atoms with Crippen molar-refractivity contribution in [1.29, 1.82) is 0 Å². The number of aryl methyl sites for hydroxylation is 1. The number of carbonyl (C=O) groups excluding carboxylic acids is 1. The van der Waals surface area contributed by atoms with Gasteiger partial charge in [-0.25, -0.2) is 0 Å². The van der Waals surface area contributed by atoms with E-state index in [0.717, 1.165) is 16.5 Å². The normalized spacial score (nSPS) is 10.6. The van der Waals surface area contributed by atoms with Gasteiger partial charge in [0.05, 0.1) is 7.11 Å². The number of benzene rings is 1. The molecule has 1 aromatic carbocycles. The molecule has 2 aromatic rings. The molecule has 4 heteroatoms. The number of hydrogen-bond donors (Lipinski definition) is 2. The van der Waals surface area contributed by atoms with Gasteiger partial charge >= 0.3 is 5.97 Å². The zero-order valence-corrected chi connectivity index (χ0v) is 9.12. The Morgan fingerprint density at radius 1 is 1.44 bits per heavy atom. The van der Waals surface area contributed by atoms with Gasteiger partial charge in [-0.15, -0.1) is 0 Å². The van der Waals surface area contributed by atoms with E-state index in [1.807, 2.05) is 24.3 Å². The van der Waals surface area contributed by atoms with Crippen LogP contribution in [0.15, 0.2) is 24.3 Å². The average Bonchev–Trinajstić information content (AvgIpc) is 2.65. The number of hydrogen-bond acceptors (Lipinski definition) is 3. The number of esters is 1. The van der Waals surface area contributed by atoms with Crippen molar-refractivity contribution in [2.45, 2.75) is 12.8 Å². The first-order valence-electron chi connectivity index (χ1n) is 5.13. The summed E-state index contributed by atoms with van der Waals surface area (Å²) < 4.78 is 4.60. The van der Waals surface area contributed by atoms with Crippen molar-refractivity contribution in [2.24, 2.45) is 0 Å². The molecular formula is C12H14N2O2. The SMILES string of the molecule is COC(=O)CCc1ccc2[nH]c(N)cc2c1. The summed E-state index contributed by atoms with van der Waals surface area (Å²) in [5.74, 6) is 0.466. The van der Waals surface area contributed by atoms with Crippen LogP contribution in [0.2, 0.25) is 0 Å². The first-order chi connectivity index (χ1) is 7.69. The lowest BCUT2D eigenvalue weighted by Crippen LogP contribution is -2.01. The van der Waals surface area contributed by atoms with Crippen molar-refractivity contribution in [3.63, 3.8) is 0 Å². The summed E-state index contributed by atoms with van der Waals surface area (Å²) in [7, 11) is 1.40. The van der Waals surface area contributed by atoms with E-state index >= 15 is 0 Å². The van der Waals surface area contributed by atoms with Crippen molar-refractivity contribution in [1.82, 2.24) is 4.98 Å². The van der Waals surface area contributed by atoms with E-state index in [-0.39, 0.29) is 5.97 Å². The molecule has 0 radical (unpaired) electrons. The number of nitrogen functional groups attached to an aromatic ring is 1. The van der Waals surface area contributed by atoms with Gasteiger partial charge in [0.25, 0.3) is 0 Å². The molecule has 3 N–H and O–H groups in total. The summed E-state index contributed by atoms with van der Waals surface area (Å²) in [6.45, 7) is 0. The lowest BCUT2D eigenvalue weighted by atomic mass is 10.1. The van der Waals surface area contributed by atoms with Crippen molar-refractivity contribution in [2.75, 3.05) is 12.8 Å². The maximum Gasteiger partial charge on any atom is 0.305 e. The number of ether oxygens (including phenoxy) is 1. The van der Waals surface area contributed by atoms with Crippen LogP contribution in [0.3, 0.4) is 0 Å². The smallest absolute Gasteiger partial charge is 0.305 e. The average molecular weight is 218 g/mol. The Morgan fingerprint density at radius 2 is 2.25 bits per heavy atom. The third kappa shape index (κ3) is 2.16. The van der Waals surface area contributed by atoms with E-state index in [2.05, 4.69) is 9.72 Å². The van der Waals surface area contributed by atoms with Crippen LogP contribution in [0.25, 0.3) is 10.9 Å². The number of methoxy groups -OCH3 is 1. The first kappa shape index (κ1) is 10.5. The molecular weight excluding hydrogens is 204 g/mol. The van der Waals surface area contributed by atoms with Gasteiger partial charge in [0.15, 0.2) is 0 Å². The molecule has 0 saturated carbocycles. The molecule has 0 unspecified atom stereocenters. The summed E-state index contributed by atoms with van der Waals surface area (Å²) >= 11 is 0. The summed E-state index contributed by atoms with van der Waals surface area (Å²) in [6.07, 6.45) is 1.09. The Balaban J connectivity index is 2.16. The zero-order chi connectivity index (χ0) is 11.5. The highest BCUT2D eigenvalue weighted by Gasteiger charge is 2.03. The lowest BCUT2D eigenvalue weighted by molar-refractivity contribution is -0.140. The maximum atomic E-state index is 11.0. The lowest BCUT2D eigenvalue weighted by Gasteiger charge is -2.00. The van der Waals surface area contributed by atoms with Gasteiger partial charge in [-0.3, -0.25) is 4.79 Å². The second-order valence-electron chi connectivity index (χ2n) is 3.72. The molecule has 16 heavy (non-hydrogen) atoms. The third-order valence-electron chi connectivity index (χ3n) is 2.55. The molecule has 2 rings (SSSR count). The van der Waals surface area contributed by atoms with E-state index in [1.54, 1.807) is 0 Å². The van der Waals surface area contributed by atoms with Crippen LogP contribution < -0.4 is 5.73 Å². The Morgan fingerprint density at radius 3 is 3.00 bits per heavy atom. The first-order valence-corrected chi connectivity index (χ1v) is 5.13. The summed E-state index contributed by atoms with van der Waals surface area (Å²) in [5, 5.41) is 1.07. The fraction of sp³-hybridized carbons (Fsp3) is 0.250. The van der Waals surface area contributed by atoms with Gasteiger partial charge in [0.2, 0.25) is 0 Å². The van der Waals surface area contributed by atoms with E-state index in [4.69, 9.17) is 5.73 Å². The molecule has 1 heterocycles. The van der Waals surface area contributed by atoms with E-state index in [9.17, 15) is 4.79 Å². The minimum atomic E-state index is -0.186. The molecule has 0 aliphatic carbocycles. The fourth-order valence-corrected chi connectivity index (χ4v) is 1.71. The predicted molar refractivity (Wildman–Crippen MR) is 63.0 cm³/mol. The quantitative estimate of drug-likeness (QED) is 0.772. The summed E-state index contributed by atoms with van der Waals surface area (Å²) in [6, 6.07) is 7.88. The van der Waals surface area contributed by atoms with Gasteiger partial charge < -0.3 is 15.5 Å². The number of aromatic amines is 1. The Kier molecular flexibility index (Phi) is 2.81. The number of nitrogens with one attached hydrogen (secondary N) is 1. The van der Waals surface area contributed by atoms with Crippen LogP contribution in [-0.4, -0.2) is 18.1 Å². The fourth-order valence-electron chi connectivity index (χ4n) is 1.71.